The molecule has 2 atom stereocenters. The lowest BCUT2D eigenvalue weighted by atomic mass is 9.96. The van der Waals surface area contributed by atoms with E-state index in [0.717, 1.165) is 47.2 Å². The molecule has 0 radical (unpaired) electrons. The molecule has 1 aliphatic heterocycles. The van der Waals surface area contributed by atoms with E-state index >= 15 is 0 Å². The summed E-state index contributed by atoms with van der Waals surface area (Å²) in [5.41, 5.74) is 6.90. The Morgan fingerprint density at radius 1 is 1.12 bits per heavy atom. The number of carbonyl (C=O) groups excluding carboxylic acids is 1. The van der Waals surface area contributed by atoms with E-state index in [1.165, 1.54) is 0 Å². The van der Waals surface area contributed by atoms with Crippen LogP contribution in [0.25, 0.3) is 22.2 Å². The van der Waals surface area contributed by atoms with Gasteiger partial charge in [-0.1, -0.05) is 18.2 Å². The zero-order chi connectivity index (χ0) is 22.8. The second kappa shape index (κ2) is 9.09. The van der Waals surface area contributed by atoms with Gasteiger partial charge >= 0.3 is 0 Å². The highest BCUT2D eigenvalue weighted by atomic mass is 16.7. The molecule has 1 aromatic carbocycles. The topological polar surface area (TPSA) is 85.2 Å². The van der Waals surface area contributed by atoms with E-state index < -0.39 is 0 Å². The number of nitrogens with zero attached hydrogens (tertiary/aromatic N) is 5. The van der Waals surface area contributed by atoms with Gasteiger partial charge in [0.05, 0.1) is 35.2 Å². The molecule has 168 valence electrons. The Morgan fingerprint density at radius 2 is 1.97 bits per heavy atom. The monoisotopic (exact) mass is 442 g/mol. The largest absolute Gasteiger partial charge is 0.298 e. The van der Waals surface area contributed by atoms with Crippen molar-refractivity contribution >= 4 is 16.8 Å². The summed E-state index contributed by atoms with van der Waals surface area (Å²) in [6, 6.07) is 15.2. The third kappa shape index (κ3) is 4.62. The number of benzene rings is 1. The normalized spacial score (nSPS) is 19.0. The van der Waals surface area contributed by atoms with Gasteiger partial charge in [0.2, 0.25) is 0 Å². The molecular formula is C25H26N6O2. The van der Waals surface area contributed by atoms with Crippen molar-refractivity contribution < 1.29 is 9.63 Å². The highest BCUT2D eigenvalue weighted by Gasteiger charge is 2.30. The third-order valence-corrected chi connectivity index (χ3v) is 6.11. The number of nitrogens with one attached hydrogen (secondary N) is 1. The number of aryl methyl sites for hydroxylation is 1. The van der Waals surface area contributed by atoms with Crippen molar-refractivity contribution in [3.63, 3.8) is 0 Å². The molecule has 0 aliphatic carbocycles. The van der Waals surface area contributed by atoms with Crippen LogP contribution in [0.1, 0.15) is 34.9 Å². The van der Waals surface area contributed by atoms with Gasteiger partial charge in [-0.05, 0) is 50.2 Å². The fraction of sp³-hybridized carbons (Fsp3) is 0.280. The number of hydrogen-bond donors (Lipinski definition) is 1. The molecule has 0 spiro atoms. The zero-order valence-corrected chi connectivity index (χ0v) is 18.7. The van der Waals surface area contributed by atoms with E-state index in [-0.39, 0.29) is 18.1 Å². The number of piperidine rings is 1. The molecule has 0 saturated carbocycles. The lowest BCUT2D eigenvalue weighted by molar-refractivity contribution is -0.0542. The van der Waals surface area contributed by atoms with Crippen LogP contribution >= 0.6 is 0 Å². The molecule has 0 bridgehead atoms. The highest BCUT2D eigenvalue weighted by Crippen LogP contribution is 2.31. The van der Waals surface area contributed by atoms with Crippen LogP contribution in [-0.2, 0) is 11.9 Å². The number of aromatic nitrogens is 4. The van der Waals surface area contributed by atoms with Gasteiger partial charge in [-0.25, -0.2) is 10.5 Å². The van der Waals surface area contributed by atoms with Gasteiger partial charge in [0, 0.05) is 42.5 Å². The van der Waals surface area contributed by atoms with Gasteiger partial charge in [-0.3, -0.25) is 24.2 Å². The van der Waals surface area contributed by atoms with E-state index in [0.29, 0.717) is 5.56 Å². The van der Waals surface area contributed by atoms with Crippen molar-refractivity contribution in [2.24, 2.45) is 7.05 Å². The van der Waals surface area contributed by atoms with Crippen molar-refractivity contribution in [3.8, 4) is 11.3 Å². The number of hydrogen-bond acceptors (Lipinski definition) is 6. The third-order valence-electron chi connectivity index (χ3n) is 6.11. The molecular weight excluding hydrogens is 416 g/mol. The minimum atomic E-state index is -0.234. The van der Waals surface area contributed by atoms with E-state index in [9.17, 15) is 4.79 Å². The summed E-state index contributed by atoms with van der Waals surface area (Å²) in [6.45, 7) is 0.847. The first-order valence-electron chi connectivity index (χ1n) is 11.0. The minimum absolute atomic E-state index is 0.0747. The Morgan fingerprint density at radius 3 is 2.76 bits per heavy atom. The lowest BCUT2D eigenvalue weighted by Gasteiger charge is -2.36. The summed E-state index contributed by atoms with van der Waals surface area (Å²) in [4.78, 5) is 30.0. The Bertz CT molecular complexity index is 1270. The van der Waals surface area contributed by atoms with Gasteiger partial charge in [-0.15, -0.1) is 0 Å². The van der Waals surface area contributed by atoms with Crippen molar-refractivity contribution in [1.29, 1.82) is 0 Å². The summed E-state index contributed by atoms with van der Waals surface area (Å²) in [6.07, 6.45) is 7.12. The van der Waals surface area contributed by atoms with Gasteiger partial charge in [0.1, 0.15) is 0 Å². The Balaban J connectivity index is 1.32. The van der Waals surface area contributed by atoms with Crippen LogP contribution in [0.4, 0.5) is 0 Å². The second-order valence-electron chi connectivity index (χ2n) is 8.46. The second-order valence-corrected chi connectivity index (χ2v) is 8.46. The number of fused-ring (bicyclic) bond motifs is 1. The van der Waals surface area contributed by atoms with Crippen molar-refractivity contribution in [2.45, 2.75) is 25.0 Å². The molecule has 1 N–H and O–H groups in total. The average molecular weight is 443 g/mol. The smallest absolute Gasteiger partial charge is 0.274 e. The molecule has 1 amide bonds. The van der Waals surface area contributed by atoms with Gasteiger partial charge in [-0.2, -0.15) is 5.10 Å². The maximum Gasteiger partial charge on any atom is 0.274 e. The van der Waals surface area contributed by atoms with Crippen LogP contribution in [0.2, 0.25) is 0 Å². The number of amides is 1. The summed E-state index contributed by atoms with van der Waals surface area (Å²) in [7, 11) is 3.99. The van der Waals surface area contributed by atoms with E-state index in [4.69, 9.17) is 14.8 Å². The molecule has 4 heterocycles. The molecule has 1 aliphatic rings. The number of carbonyl (C=O) groups is 1. The Labute approximate surface area is 192 Å². The predicted octanol–water partition coefficient (Wildman–Crippen LogP) is 3.53. The van der Waals surface area contributed by atoms with Gasteiger partial charge in [0.25, 0.3) is 5.91 Å². The fourth-order valence-electron chi connectivity index (χ4n) is 4.22. The van der Waals surface area contributed by atoms with Gasteiger partial charge in [0.15, 0.2) is 0 Å². The van der Waals surface area contributed by atoms with Crippen molar-refractivity contribution in [1.82, 2.24) is 30.1 Å². The van der Waals surface area contributed by atoms with Crippen molar-refractivity contribution in [3.05, 3.63) is 78.4 Å². The quantitative estimate of drug-likeness (QED) is 0.476. The molecule has 8 nitrogen and oxygen atoms in total. The Kier molecular flexibility index (Phi) is 5.85. The van der Waals surface area contributed by atoms with Crippen LogP contribution in [0.5, 0.6) is 0 Å². The maximum atomic E-state index is 12.3. The molecule has 1 saturated heterocycles. The van der Waals surface area contributed by atoms with E-state index in [1.54, 1.807) is 16.8 Å². The van der Waals surface area contributed by atoms with E-state index in [2.05, 4.69) is 28.6 Å². The first kappa shape index (κ1) is 21.2. The SMILES string of the molecule is CN1CCC(ONC(=O)c2ccccc2)CC1c1cc2nc(-c3cnn(C)c3)ccc2cn1. The highest BCUT2D eigenvalue weighted by molar-refractivity contribution is 5.93. The van der Waals surface area contributed by atoms with Crippen molar-refractivity contribution in [2.75, 3.05) is 13.6 Å². The van der Waals surface area contributed by atoms with Crippen LogP contribution in [0.3, 0.4) is 0 Å². The summed E-state index contributed by atoms with van der Waals surface area (Å²) < 4.78 is 1.77. The molecule has 3 aromatic heterocycles. The van der Waals surface area contributed by atoms with E-state index in [1.807, 2.05) is 56.0 Å². The molecule has 33 heavy (non-hydrogen) atoms. The summed E-state index contributed by atoms with van der Waals surface area (Å²) >= 11 is 0. The minimum Gasteiger partial charge on any atom is -0.298 e. The summed E-state index contributed by atoms with van der Waals surface area (Å²) in [5, 5.41) is 5.24. The fourth-order valence-corrected chi connectivity index (χ4v) is 4.22. The van der Waals surface area contributed by atoms with Crippen LogP contribution < -0.4 is 5.48 Å². The molecule has 1 fully saturated rings. The number of pyridine rings is 2. The predicted molar refractivity (Wildman–Crippen MR) is 125 cm³/mol. The number of hydroxylamine groups is 1. The number of rotatable bonds is 5. The van der Waals surface area contributed by atoms with Crippen LogP contribution in [0, 0.1) is 0 Å². The molecule has 8 heteroatoms. The standard InChI is InChI=1S/C25H26N6O2/c1-30-11-10-20(33-29-25(32)17-6-4-3-5-7-17)12-24(30)23-13-22-18(14-26-23)8-9-21(28-22)19-15-27-31(2)16-19/h3-9,13-16,20,24H,10-12H2,1-2H3,(H,29,32). The zero-order valence-electron chi connectivity index (χ0n) is 18.7. The first-order valence-corrected chi connectivity index (χ1v) is 11.0. The first-order chi connectivity index (χ1) is 16.1. The molecule has 4 aromatic rings. The summed E-state index contributed by atoms with van der Waals surface area (Å²) in [5.74, 6) is -0.234. The Hall–Kier alpha value is -3.62. The maximum absolute atomic E-state index is 12.3. The van der Waals surface area contributed by atoms with Gasteiger partial charge < -0.3 is 0 Å². The number of likely N-dealkylation sites (tertiary alicyclic amines) is 1. The molecule has 5 rings (SSSR count). The lowest BCUT2D eigenvalue weighted by Crippen LogP contribution is -2.40. The van der Waals surface area contributed by atoms with Crippen LogP contribution in [0.15, 0.2) is 67.1 Å². The average Bonchev–Trinajstić information content (AvgIpc) is 3.29. The van der Waals surface area contributed by atoms with Crippen LogP contribution in [-0.4, -0.2) is 50.3 Å². The molecule has 2 unspecified atom stereocenters.